The fraction of sp³-hybridized carbons (Fsp3) is 0.923. The van der Waals surface area contributed by atoms with Gasteiger partial charge in [0.1, 0.15) is 5.60 Å². The van der Waals surface area contributed by atoms with Gasteiger partial charge in [-0.05, 0) is 40.0 Å². The van der Waals surface area contributed by atoms with Crippen LogP contribution in [0.1, 0.15) is 47.0 Å². The molecule has 4 heteroatoms. The van der Waals surface area contributed by atoms with Crippen molar-refractivity contribution in [2.45, 2.75) is 58.2 Å². The van der Waals surface area contributed by atoms with Gasteiger partial charge in [-0.2, -0.15) is 0 Å². The molecule has 0 bridgehead atoms. The Morgan fingerprint density at radius 3 is 2.29 bits per heavy atom. The van der Waals surface area contributed by atoms with E-state index in [-0.39, 0.29) is 11.5 Å². The molecule has 1 aliphatic carbocycles. The number of rotatable bonds is 1. The molecule has 1 saturated carbocycles. The maximum Gasteiger partial charge on any atom is 0.410 e. The number of aliphatic hydroxyl groups is 1. The van der Waals surface area contributed by atoms with Crippen molar-refractivity contribution in [2.75, 3.05) is 13.1 Å². The molecule has 0 aromatic carbocycles. The standard InChI is InChI=1S/C13H23NO3/c1-5-13(16)6-12(7-13)8-14(9-12)10(15)17-11(2,3)4/h16H,5-9H2,1-4H3. The van der Waals surface area contributed by atoms with E-state index in [1.54, 1.807) is 4.90 Å². The minimum atomic E-state index is -0.472. The third-order valence-electron chi connectivity index (χ3n) is 3.77. The lowest BCUT2D eigenvalue weighted by atomic mass is 9.54. The van der Waals surface area contributed by atoms with Gasteiger partial charge < -0.3 is 14.7 Å². The highest BCUT2D eigenvalue weighted by atomic mass is 16.6. The molecule has 2 aliphatic rings. The Balaban J connectivity index is 1.79. The Morgan fingerprint density at radius 2 is 1.88 bits per heavy atom. The molecule has 1 spiro atoms. The minimum absolute atomic E-state index is 0.182. The molecule has 1 amide bonds. The molecule has 0 radical (unpaired) electrons. The zero-order chi connectivity index (χ0) is 12.9. The number of hydrogen-bond donors (Lipinski definition) is 1. The van der Waals surface area contributed by atoms with Gasteiger partial charge in [-0.15, -0.1) is 0 Å². The van der Waals surface area contributed by atoms with Gasteiger partial charge in [0.15, 0.2) is 0 Å². The Labute approximate surface area is 103 Å². The molecule has 1 aliphatic heterocycles. The van der Waals surface area contributed by atoms with Crippen LogP contribution in [0.5, 0.6) is 0 Å². The van der Waals surface area contributed by atoms with Crippen LogP contribution in [0.2, 0.25) is 0 Å². The molecule has 1 saturated heterocycles. The predicted molar refractivity (Wildman–Crippen MR) is 64.7 cm³/mol. The first-order chi connectivity index (χ1) is 7.67. The van der Waals surface area contributed by atoms with E-state index in [0.717, 1.165) is 32.4 Å². The zero-order valence-corrected chi connectivity index (χ0v) is 11.2. The molecule has 4 nitrogen and oxygen atoms in total. The topological polar surface area (TPSA) is 49.8 Å². The summed E-state index contributed by atoms with van der Waals surface area (Å²) in [6.07, 6.45) is 2.24. The van der Waals surface area contributed by atoms with E-state index in [0.29, 0.717) is 0 Å². The molecular formula is C13H23NO3. The molecule has 0 unspecified atom stereocenters. The van der Waals surface area contributed by atoms with E-state index in [1.807, 2.05) is 27.7 Å². The predicted octanol–water partition coefficient (Wildman–Crippen LogP) is 2.16. The summed E-state index contributed by atoms with van der Waals surface area (Å²) in [6, 6.07) is 0. The van der Waals surface area contributed by atoms with Crippen LogP contribution < -0.4 is 0 Å². The van der Waals surface area contributed by atoms with Crippen LogP contribution >= 0.6 is 0 Å². The Kier molecular flexibility index (Phi) is 2.69. The summed E-state index contributed by atoms with van der Waals surface area (Å²) in [5.41, 5.74) is -0.717. The van der Waals surface area contributed by atoms with Crippen LogP contribution in [0.15, 0.2) is 0 Å². The van der Waals surface area contributed by atoms with Crippen LogP contribution in [-0.4, -0.2) is 40.4 Å². The summed E-state index contributed by atoms with van der Waals surface area (Å²) in [5, 5.41) is 10.00. The molecule has 98 valence electrons. The molecule has 0 aromatic rings. The van der Waals surface area contributed by atoms with E-state index in [1.165, 1.54) is 0 Å². The largest absolute Gasteiger partial charge is 0.444 e. The minimum Gasteiger partial charge on any atom is -0.444 e. The average molecular weight is 241 g/mol. The summed E-state index contributed by atoms with van der Waals surface area (Å²) in [6.45, 7) is 9.12. The quantitative estimate of drug-likeness (QED) is 0.765. The molecule has 1 N–H and O–H groups in total. The number of nitrogens with zero attached hydrogens (tertiary/aromatic N) is 1. The molecule has 2 fully saturated rings. The van der Waals surface area contributed by atoms with Crippen molar-refractivity contribution in [1.82, 2.24) is 4.90 Å². The van der Waals surface area contributed by atoms with Gasteiger partial charge in [0.2, 0.25) is 0 Å². The van der Waals surface area contributed by atoms with Gasteiger partial charge in [-0.25, -0.2) is 4.79 Å². The van der Waals surface area contributed by atoms with Crippen LogP contribution in [0.3, 0.4) is 0 Å². The van der Waals surface area contributed by atoms with Crippen molar-refractivity contribution in [3.05, 3.63) is 0 Å². The lowest BCUT2D eigenvalue weighted by molar-refractivity contribution is -0.185. The van der Waals surface area contributed by atoms with Gasteiger partial charge in [0.25, 0.3) is 0 Å². The molecule has 2 rings (SSSR count). The number of carbonyl (C=O) groups excluding carboxylic acids is 1. The van der Waals surface area contributed by atoms with Crippen molar-refractivity contribution < 1.29 is 14.6 Å². The Morgan fingerprint density at radius 1 is 1.35 bits per heavy atom. The monoisotopic (exact) mass is 241 g/mol. The van der Waals surface area contributed by atoms with E-state index >= 15 is 0 Å². The molecule has 0 aromatic heterocycles. The summed E-state index contributed by atoms with van der Waals surface area (Å²) in [5.74, 6) is 0. The number of likely N-dealkylation sites (tertiary alicyclic amines) is 1. The molecular weight excluding hydrogens is 218 g/mol. The summed E-state index contributed by atoms with van der Waals surface area (Å²) < 4.78 is 5.31. The third kappa shape index (κ3) is 2.41. The van der Waals surface area contributed by atoms with E-state index in [2.05, 4.69) is 0 Å². The van der Waals surface area contributed by atoms with Crippen molar-refractivity contribution in [3.8, 4) is 0 Å². The summed E-state index contributed by atoms with van der Waals surface area (Å²) >= 11 is 0. The highest BCUT2D eigenvalue weighted by molar-refractivity contribution is 5.69. The second-order valence-corrected chi connectivity index (χ2v) is 6.77. The second kappa shape index (κ2) is 3.61. The van der Waals surface area contributed by atoms with Crippen LogP contribution in [0, 0.1) is 5.41 Å². The van der Waals surface area contributed by atoms with E-state index in [4.69, 9.17) is 4.74 Å². The lowest BCUT2D eigenvalue weighted by Gasteiger charge is -2.62. The molecule has 0 atom stereocenters. The molecule has 1 heterocycles. The zero-order valence-electron chi connectivity index (χ0n) is 11.2. The average Bonchev–Trinajstić information content (AvgIpc) is 2.05. The Hall–Kier alpha value is -0.770. The van der Waals surface area contributed by atoms with Gasteiger partial charge >= 0.3 is 6.09 Å². The fourth-order valence-corrected chi connectivity index (χ4v) is 3.04. The van der Waals surface area contributed by atoms with Crippen LogP contribution in [0.25, 0.3) is 0 Å². The highest BCUT2D eigenvalue weighted by Crippen LogP contribution is 2.55. The first-order valence-corrected chi connectivity index (χ1v) is 6.37. The van der Waals surface area contributed by atoms with Crippen LogP contribution in [0.4, 0.5) is 4.79 Å². The molecule has 17 heavy (non-hydrogen) atoms. The third-order valence-corrected chi connectivity index (χ3v) is 3.77. The highest BCUT2D eigenvalue weighted by Gasteiger charge is 2.59. The van der Waals surface area contributed by atoms with Crippen molar-refractivity contribution >= 4 is 6.09 Å². The Bertz CT molecular complexity index is 318. The number of hydrogen-bond acceptors (Lipinski definition) is 3. The maximum absolute atomic E-state index is 11.7. The first kappa shape index (κ1) is 12.7. The van der Waals surface area contributed by atoms with E-state index in [9.17, 15) is 9.90 Å². The van der Waals surface area contributed by atoms with Crippen LogP contribution in [-0.2, 0) is 4.74 Å². The van der Waals surface area contributed by atoms with Gasteiger partial charge in [-0.3, -0.25) is 0 Å². The lowest BCUT2D eigenvalue weighted by Crippen LogP contribution is -2.69. The number of amides is 1. The van der Waals surface area contributed by atoms with Crippen molar-refractivity contribution in [1.29, 1.82) is 0 Å². The maximum atomic E-state index is 11.7. The SMILES string of the molecule is CCC1(O)CC2(CN(C(=O)OC(C)(C)C)C2)C1. The number of ether oxygens (including phenoxy) is 1. The van der Waals surface area contributed by atoms with Gasteiger partial charge in [0.05, 0.1) is 5.60 Å². The smallest absolute Gasteiger partial charge is 0.410 e. The number of carbonyl (C=O) groups is 1. The second-order valence-electron chi connectivity index (χ2n) is 6.77. The van der Waals surface area contributed by atoms with Gasteiger partial charge in [0, 0.05) is 18.5 Å². The summed E-state index contributed by atoms with van der Waals surface area (Å²) in [4.78, 5) is 13.5. The van der Waals surface area contributed by atoms with Crippen molar-refractivity contribution in [3.63, 3.8) is 0 Å². The normalized spacial score (nSPS) is 25.1. The van der Waals surface area contributed by atoms with Gasteiger partial charge in [-0.1, -0.05) is 6.92 Å². The fourth-order valence-electron chi connectivity index (χ4n) is 3.04. The first-order valence-electron chi connectivity index (χ1n) is 6.37. The van der Waals surface area contributed by atoms with E-state index < -0.39 is 11.2 Å². The summed E-state index contributed by atoms with van der Waals surface area (Å²) in [7, 11) is 0. The van der Waals surface area contributed by atoms with Crippen molar-refractivity contribution in [2.24, 2.45) is 5.41 Å².